The SMILES string of the molecule is Cc1cc(C(=O)N[C@@H]2C=C[C@H](CO)C2)c(N)c([N+](=O)[O-])c1. The van der Waals surface area contributed by atoms with E-state index in [9.17, 15) is 14.9 Å². The summed E-state index contributed by atoms with van der Waals surface area (Å²) < 4.78 is 0. The van der Waals surface area contributed by atoms with E-state index in [0.29, 0.717) is 12.0 Å². The van der Waals surface area contributed by atoms with Crippen LogP contribution in [0.15, 0.2) is 24.3 Å². The first-order chi connectivity index (χ1) is 9.92. The van der Waals surface area contributed by atoms with Crippen LogP contribution in [0.25, 0.3) is 0 Å². The van der Waals surface area contributed by atoms with E-state index in [1.165, 1.54) is 12.1 Å². The predicted molar refractivity (Wildman–Crippen MR) is 77.8 cm³/mol. The second-order valence-electron chi connectivity index (χ2n) is 5.15. The summed E-state index contributed by atoms with van der Waals surface area (Å²) >= 11 is 0. The molecule has 0 heterocycles. The Morgan fingerprint density at radius 2 is 2.24 bits per heavy atom. The van der Waals surface area contributed by atoms with Gasteiger partial charge < -0.3 is 16.2 Å². The Balaban J connectivity index is 2.20. The summed E-state index contributed by atoms with van der Waals surface area (Å²) in [7, 11) is 0. The smallest absolute Gasteiger partial charge is 0.293 e. The molecule has 1 aromatic rings. The highest BCUT2D eigenvalue weighted by atomic mass is 16.6. The van der Waals surface area contributed by atoms with E-state index in [1.807, 2.05) is 6.08 Å². The first-order valence-electron chi connectivity index (χ1n) is 6.57. The number of nitrogens with two attached hydrogens (primary N) is 1. The van der Waals surface area contributed by atoms with Gasteiger partial charge in [0.05, 0.1) is 10.5 Å². The Morgan fingerprint density at radius 3 is 2.81 bits per heavy atom. The lowest BCUT2D eigenvalue weighted by atomic mass is 10.1. The van der Waals surface area contributed by atoms with Crippen LogP contribution in [0, 0.1) is 23.0 Å². The molecule has 1 aliphatic rings. The number of amides is 1. The minimum atomic E-state index is -0.601. The maximum atomic E-state index is 12.2. The van der Waals surface area contributed by atoms with Gasteiger partial charge in [-0.15, -0.1) is 0 Å². The minimum absolute atomic E-state index is 0.0273. The zero-order chi connectivity index (χ0) is 15.6. The number of aryl methyl sites for hydroxylation is 1. The van der Waals surface area contributed by atoms with Gasteiger partial charge in [0.1, 0.15) is 5.69 Å². The van der Waals surface area contributed by atoms with Crippen LogP contribution in [-0.2, 0) is 0 Å². The highest BCUT2D eigenvalue weighted by Gasteiger charge is 2.24. The van der Waals surface area contributed by atoms with Crippen LogP contribution in [0.3, 0.4) is 0 Å². The third-order valence-corrected chi connectivity index (χ3v) is 3.47. The lowest BCUT2D eigenvalue weighted by Crippen LogP contribution is -2.33. The number of nitrogen functional groups attached to an aromatic ring is 1. The van der Waals surface area contributed by atoms with E-state index in [4.69, 9.17) is 10.8 Å². The number of nitrogens with one attached hydrogen (secondary N) is 1. The van der Waals surface area contributed by atoms with Gasteiger partial charge in [-0.25, -0.2) is 0 Å². The summed E-state index contributed by atoms with van der Waals surface area (Å²) in [5.74, 6) is -0.424. The summed E-state index contributed by atoms with van der Waals surface area (Å²) in [6.07, 6.45) is 4.25. The van der Waals surface area contributed by atoms with Gasteiger partial charge in [-0.2, -0.15) is 0 Å². The van der Waals surface area contributed by atoms with Crippen molar-refractivity contribution in [2.75, 3.05) is 12.3 Å². The third-order valence-electron chi connectivity index (χ3n) is 3.47. The molecule has 21 heavy (non-hydrogen) atoms. The fraction of sp³-hybridized carbons (Fsp3) is 0.357. The molecule has 0 bridgehead atoms. The molecule has 0 aliphatic heterocycles. The molecular weight excluding hydrogens is 274 g/mol. The van der Waals surface area contributed by atoms with E-state index >= 15 is 0 Å². The van der Waals surface area contributed by atoms with Crippen molar-refractivity contribution >= 4 is 17.3 Å². The molecule has 1 aromatic carbocycles. The third kappa shape index (κ3) is 3.19. The van der Waals surface area contributed by atoms with Gasteiger partial charge in [-0.05, 0) is 25.0 Å². The standard InChI is InChI=1S/C14H17N3O4/c1-8-4-11(13(15)12(5-8)17(20)21)14(19)16-10-3-2-9(6-10)7-18/h2-5,9-10,18H,6-7,15H2,1H3,(H,16,19)/t9-,10+/m0/s1. The molecule has 0 saturated carbocycles. The molecule has 7 heteroatoms. The maximum Gasteiger partial charge on any atom is 0.293 e. The molecule has 0 saturated heterocycles. The molecule has 0 fully saturated rings. The minimum Gasteiger partial charge on any atom is -0.396 e. The first-order valence-corrected chi connectivity index (χ1v) is 6.57. The zero-order valence-corrected chi connectivity index (χ0v) is 11.6. The lowest BCUT2D eigenvalue weighted by molar-refractivity contribution is -0.384. The molecule has 112 valence electrons. The topological polar surface area (TPSA) is 118 Å². The summed E-state index contributed by atoms with van der Waals surface area (Å²) in [5.41, 5.74) is 6.01. The second-order valence-corrected chi connectivity index (χ2v) is 5.15. The van der Waals surface area contributed by atoms with E-state index in [2.05, 4.69) is 5.32 Å². The molecule has 7 nitrogen and oxygen atoms in total. The monoisotopic (exact) mass is 291 g/mol. The average Bonchev–Trinajstić information content (AvgIpc) is 2.88. The number of benzene rings is 1. The summed E-state index contributed by atoms with van der Waals surface area (Å²) in [5, 5.41) is 22.7. The van der Waals surface area contributed by atoms with Crippen LogP contribution in [-0.4, -0.2) is 28.6 Å². The van der Waals surface area contributed by atoms with Gasteiger partial charge >= 0.3 is 0 Å². The Morgan fingerprint density at radius 1 is 1.52 bits per heavy atom. The maximum absolute atomic E-state index is 12.2. The molecule has 2 atom stereocenters. The van der Waals surface area contributed by atoms with Crippen LogP contribution in [0.5, 0.6) is 0 Å². The summed E-state index contributed by atoms with van der Waals surface area (Å²) in [6, 6.07) is 2.66. The van der Waals surface area contributed by atoms with Crippen molar-refractivity contribution in [2.45, 2.75) is 19.4 Å². The number of anilines is 1. The average molecular weight is 291 g/mol. The number of carbonyl (C=O) groups excluding carboxylic acids is 1. The molecule has 0 unspecified atom stereocenters. The first kappa shape index (κ1) is 15.0. The molecule has 1 aliphatic carbocycles. The number of aliphatic hydroxyl groups is 1. The highest BCUT2D eigenvalue weighted by Crippen LogP contribution is 2.27. The molecular formula is C14H17N3O4. The van der Waals surface area contributed by atoms with Crippen molar-refractivity contribution in [3.63, 3.8) is 0 Å². The number of rotatable bonds is 4. The fourth-order valence-electron chi connectivity index (χ4n) is 2.38. The van der Waals surface area contributed by atoms with Crippen molar-refractivity contribution in [2.24, 2.45) is 5.92 Å². The predicted octanol–water partition coefficient (Wildman–Crippen LogP) is 1.15. The van der Waals surface area contributed by atoms with Crippen molar-refractivity contribution in [1.82, 2.24) is 5.32 Å². The number of aliphatic hydroxyl groups excluding tert-OH is 1. The van der Waals surface area contributed by atoms with Crippen molar-refractivity contribution in [1.29, 1.82) is 0 Å². The number of nitrogens with zero attached hydrogens (tertiary/aromatic N) is 1. The number of nitro groups is 1. The van der Waals surface area contributed by atoms with Crippen LogP contribution in [0.1, 0.15) is 22.3 Å². The molecule has 0 aromatic heterocycles. The number of hydrogen-bond donors (Lipinski definition) is 3. The van der Waals surface area contributed by atoms with Crippen LogP contribution in [0.4, 0.5) is 11.4 Å². The van der Waals surface area contributed by atoms with Crippen LogP contribution >= 0.6 is 0 Å². The van der Waals surface area contributed by atoms with E-state index in [-0.39, 0.29) is 35.5 Å². The van der Waals surface area contributed by atoms with Crippen molar-refractivity contribution in [3.05, 3.63) is 45.5 Å². The zero-order valence-electron chi connectivity index (χ0n) is 11.6. The molecule has 2 rings (SSSR count). The Hall–Kier alpha value is -2.41. The van der Waals surface area contributed by atoms with Gasteiger partial charge in [0, 0.05) is 24.6 Å². The quantitative estimate of drug-likeness (QED) is 0.333. The van der Waals surface area contributed by atoms with Gasteiger partial charge in [0.15, 0.2) is 0 Å². The summed E-state index contributed by atoms with van der Waals surface area (Å²) in [4.78, 5) is 22.6. The van der Waals surface area contributed by atoms with E-state index in [0.717, 1.165) is 0 Å². The number of hydrogen-bond acceptors (Lipinski definition) is 5. The van der Waals surface area contributed by atoms with Crippen LogP contribution < -0.4 is 11.1 Å². The van der Waals surface area contributed by atoms with Gasteiger partial charge in [-0.3, -0.25) is 14.9 Å². The number of carbonyl (C=O) groups is 1. The lowest BCUT2D eigenvalue weighted by Gasteiger charge is -2.14. The normalized spacial score (nSPS) is 20.5. The van der Waals surface area contributed by atoms with E-state index in [1.54, 1.807) is 13.0 Å². The van der Waals surface area contributed by atoms with E-state index < -0.39 is 10.8 Å². The Kier molecular flexibility index (Phi) is 4.23. The largest absolute Gasteiger partial charge is 0.396 e. The number of nitro benzene ring substituents is 1. The van der Waals surface area contributed by atoms with Gasteiger partial charge in [-0.1, -0.05) is 12.2 Å². The molecule has 4 N–H and O–H groups in total. The second kappa shape index (κ2) is 5.92. The Bertz CT molecular complexity index is 612. The van der Waals surface area contributed by atoms with Gasteiger partial charge in [0.25, 0.3) is 11.6 Å². The van der Waals surface area contributed by atoms with Crippen molar-refractivity contribution in [3.8, 4) is 0 Å². The summed E-state index contributed by atoms with van der Waals surface area (Å²) in [6.45, 7) is 1.70. The molecule has 0 spiro atoms. The highest BCUT2D eigenvalue weighted by molar-refractivity contribution is 6.01. The van der Waals surface area contributed by atoms with Crippen molar-refractivity contribution < 1.29 is 14.8 Å². The molecule has 1 amide bonds. The fourth-order valence-corrected chi connectivity index (χ4v) is 2.38. The Labute approximate surface area is 121 Å². The van der Waals surface area contributed by atoms with Crippen LogP contribution in [0.2, 0.25) is 0 Å². The van der Waals surface area contributed by atoms with Gasteiger partial charge in [0.2, 0.25) is 0 Å². The molecule has 0 radical (unpaired) electrons.